The van der Waals surface area contributed by atoms with E-state index in [0.29, 0.717) is 24.5 Å². The lowest BCUT2D eigenvalue weighted by Gasteiger charge is -2.41. The largest absolute Gasteiger partial charge is 0.488 e. The maximum absolute atomic E-state index is 6.05. The summed E-state index contributed by atoms with van der Waals surface area (Å²) in [5.41, 5.74) is 7.01. The summed E-state index contributed by atoms with van der Waals surface area (Å²) in [5, 5.41) is 0. The first kappa shape index (κ1) is 10.1. The molecule has 3 nitrogen and oxygen atoms in total. The summed E-state index contributed by atoms with van der Waals surface area (Å²) in [6.45, 7) is 0.689. The highest BCUT2D eigenvalue weighted by Gasteiger charge is 2.39. The zero-order valence-corrected chi connectivity index (χ0v) is 9.43. The van der Waals surface area contributed by atoms with Crippen LogP contribution in [0.1, 0.15) is 37.3 Å². The number of pyridine rings is 1. The highest BCUT2D eigenvalue weighted by atomic mass is 16.5. The fourth-order valence-corrected chi connectivity index (χ4v) is 3.17. The van der Waals surface area contributed by atoms with E-state index in [-0.39, 0.29) is 0 Å². The fourth-order valence-electron chi connectivity index (χ4n) is 3.17. The van der Waals surface area contributed by atoms with Crippen molar-refractivity contribution in [1.29, 1.82) is 0 Å². The Morgan fingerprint density at radius 1 is 1.38 bits per heavy atom. The Labute approximate surface area is 96.0 Å². The molecule has 1 aliphatic carbocycles. The summed E-state index contributed by atoms with van der Waals surface area (Å²) in [5.74, 6) is 1.94. The number of nitrogens with zero attached hydrogens (tertiary/aromatic N) is 1. The monoisotopic (exact) mass is 218 g/mol. The third kappa shape index (κ3) is 1.50. The fraction of sp³-hybridized carbons (Fsp3) is 0.615. The predicted octanol–water partition coefficient (Wildman–Crippen LogP) is 2.08. The summed E-state index contributed by atoms with van der Waals surface area (Å²) < 4.78 is 6.05. The normalized spacial score (nSPS) is 32.4. The Balaban J connectivity index is 1.99. The Morgan fingerprint density at radius 3 is 3.12 bits per heavy atom. The molecule has 0 radical (unpaired) electrons. The number of fused-ring (bicyclic) bond motifs is 2. The van der Waals surface area contributed by atoms with Crippen LogP contribution in [-0.4, -0.2) is 17.6 Å². The first-order chi connectivity index (χ1) is 7.90. The topological polar surface area (TPSA) is 48.1 Å². The Bertz CT molecular complexity index is 380. The predicted molar refractivity (Wildman–Crippen MR) is 62.4 cm³/mol. The lowest BCUT2D eigenvalue weighted by atomic mass is 9.74. The van der Waals surface area contributed by atoms with Crippen molar-refractivity contribution in [2.24, 2.45) is 11.7 Å². The molecule has 3 atom stereocenters. The number of nitrogens with two attached hydrogens (primary N) is 1. The number of aromatic nitrogens is 1. The molecule has 2 N–H and O–H groups in total. The van der Waals surface area contributed by atoms with Crippen molar-refractivity contribution in [2.75, 3.05) is 6.54 Å². The van der Waals surface area contributed by atoms with Crippen LogP contribution in [0.3, 0.4) is 0 Å². The van der Waals surface area contributed by atoms with Crippen molar-refractivity contribution >= 4 is 0 Å². The summed E-state index contributed by atoms with van der Waals surface area (Å²) in [6.07, 6.45) is 7.22. The molecule has 1 fully saturated rings. The highest BCUT2D eigenvalue weighted by Crippen LogP contribution is 2.44. The van der Waals surface area contributed by atoms with Gasteiger partial charge in [-0.05, 0) is 31.4 Å². The Morgan fingerprint density at radius 2 is 2.25 bits per heavy atom. The van der Waals surface area contributed by atoms with Crippen molar-refractivity contribution in [3.63, 3.8) is 0 Å². The molecular weight excluding hydrogens is 200 g/mol. The smallest absolute Gasteiger partial charge is 0.141 e. The van der Waals surface area contributed by atoms with Crippen molar-refractivity contribution in [1.82, 2.24) is 4.98 Å². The maximum atomic E-state index is 6.05. The van der Waals surface area contributed by atoms with Gasteiger partial charge in [0.05, 0.1) is 5.69 Å². The van der Waals surface area contributed by atoms with E-state index in [2.05, 4.69) is 4.98 Å². The number of ether oxygens (including phenoxy) is 1. The number of rotatable bonds is 1. The van der Waals surface area contributed by atoms with E-state index in [1.165, 1.54) is 25.7 Å². The van der Waals surface area contributed by atoms with Crippen LogP contribution in [0.2, 0.25) is 0 Å². The SMILES string of the molecule is NC[C@H]1c2ncccc2O[C@H]2CCCC[C@@H]21. The van der Waals surface area contributed by atoms with Gasteiger partial charge in [0.1, 0.15) is 11.9 Å². The molecule has 2 aliphatic rings. The molecule has 2 heterocycles. The molecule has 0 saturated heterocycles. The lowest BCUT2D eigenvalue weighted by molar-refractivity contribution is 0.0550. The van der Waals surface area contributed by atoms with Gasteiger partial charge < -0.3 is 10.5 Å². The van der Waals surface area contributed by atoms with E-state index in [1.54, 1.807) is 0 Å². The second kappa shape index (κ2) is 4.06. The van der Waals surface area contributed by atoms with Crippen LogP contribution in [0.25, 0.3) is 0 Å². The maximum Gasteiger partial charge on any atom is 0.141 e. The van der Waals surface area contributed by atoms with Gasteiger partial charge in [-0.1, -0.05) is 6.42 Å². The van der Waals surface area contributed by atoms with Crippen LogP contribution in [0.15, 0.2) is 18.3 Å². The van der Waals surface area contributed by atoms with Gasteiger partial charge in [0.15, 0.2) is 0 Å². The van der Waals surface area contributed by atoms with Crippen LogP contribution >= 0.6 is 0 Å². The molecule has 3 rings (SSSR count). The standard InChI is InChI=1S/C13H18N2O/c14-8-10-9-4-1-2-5-11(9)16-12-6-3-7-15-13(10)12/h3,6-7,9-11H,1-2,4-5,8,14H2/t9-,10-,11+/m1/s1. The molecule has 0 spiro atoms. The van der Waals surface area contributed by atoms with Gasteiger partial charge in [-0.15, -0.1) is 0 Å². The molecule has 0 unspecified atom stereocenters. The molecule has 0 amide bonds. The van der Waals surface area contributed by atoms with E-state index in [1.807, 2.05) is 18.3 Å². The first-order valence-electron chi connectivity index (χ1n) is 6.22. The lowest BCUT2D eigenvalue weighted by Crippen LogP contribution is -2.41. The van der Waals surface area contributed by atoms with Crippen LogP contribution in [0.4, 0.5) is 0 Å². The molecule has 16 heavy (non-hydrogen) atoms. The van der Waals surface area contributed by atoms with E-state index >= 15 is 0 Å². The van der Waals surface area contributed by atoms with Gasteiger partial charge in [0, 0.05) is 24.6 Å². The van der Waals surface area contributed by atoms with Crippen molar-refractivity contribution in [2.45, 2.75) is 37.7 Å². The van der Waals surface area contributed by atoms with Crippen LogP contribution in [-0.2, 0) is 0 Å². The molecule has 1 aromatic heterocycles. The average Bonchev–Trinajstić information content (AvgIpc) is 2.36. The molecular formula is C13H18N2O. The third-order valence-electron chi connectivity index (χ3n) is 3.95. The van der Waals surface area contributed by atoms with Gasteiger partial charge in [0.2, 0.25) is 0 Å². The molecule has 86 valence electrons. The molecule has 3 heteroatoms. The minimum atomic E-state index is 0.374. The quantitative estimate of drug-likeness (QED) is 0.785. The zero-order chi connectivity index (χ0) is 11.0. The summed E-state index contributed by atoms with van der Waals surface area (Å²) in [6, 6.07) is 3.96. The molecule has 1 aliphatic heterocycles. The molecule has 1 saturated carbocycles. The van der Waals surface area contributed by atoms with E-state index in [4.69, 9.17) is 10.5 Å². The number of hydrogen-bond donors (Lipinski definition) is 1. The van der Waals surface area contributed by atoms with Crippen molar-refractivity contribution in [3.05, 3.63) is 24.0 Å². The van der Waals surface area contributed by atoms with Gasteiger partial charge in [-0.25, -0.2) is 0 Å². The van der Waals surface area contributed by atoms with E-state index < -0.39 is 0 Å². The minimum absolute atomic E-state index is 0.374. The second-order valence-corrected chi connectivity index (χ2v) is 4.83. The van der Waals surface area contributed by atoms with Crippen LogP contribution in [0, 0.1) is 5.92 Å². The minimum Gasteiger partial charge on any atom is -0.488 e. The Kier molecular flexibility index (Phi) is 2.56. The molecule has 1 aromatic rings. The van der Waals surface area contributed by atoms with Crippen LogP contribution < -0.4 is 10.5 Å². The van der Waals surface area contributed by atoms with Crippen molar-refractivity contribution < 1.29 is 4.74 Å². The third-order valence-corrected chi connectivity index (χ3v) is 3.95. The summed E-state index contributed by atoms with van der Waals surface area (Å²) in [4.78, 5) is 4.46. The first-order valence-corrected chi connectivity index (χ1v) is 6.22. The summed E-state index contributed by atoms with van der Waals surface area (Å²) in [7, 11) is 0. The zero-order valence-electron chi connectivity index (χ0n) is 9.43. The molecule has 0 aromatic carbocycles. The molecule has 0 bridgehead atoms. The highest BCUT2D eigenvalue weighted by molar-refractivity contribution is 5.33. The van der Waals surface area contributed by atoms with Gasteiger partial charge >= 0.3 is 0 Å². The second-order valence-electron chi connectivity index (χ2n) is 4.83. The summed E-state index contributed by atoms with van der Waals surface area (Å²) >= 11 is 0. The van der Waals surface area contributed by atoms with Gasteiger partial charge in [-0.2, -0.15) is 0 Å². The van der Waals surface area contributed by atoms with Crippen LogP contribution in [0.5, 0.6) is 5.75 Å². The average molecular weight is 218 g/mol. The number of hydrogen-bond acceptors (Lipinski definition) is 3. The van der Waals surface area contributed by atoms with Crippen molar-refractivity contribution in [3.8, 4) is 5.75 Å². The Hall–Kier alpha value is -1.09. The van der Waals surface area contributed by atoms with E-state index in [9.17, 15) is 0 Å². The van der Waals surface area contributed by atoms with Gasteiger partial charge in [0.25, 0.3) is 0 Å². The van der Waals surface area contributed by atoms with Gasteiger partial charge in [-0.3, -0.25) is 4.98 Å². The van der Waals surface area contributed by atoms with E-state index in [0.717, 1.165) is 11.4 Å².